The van der Waals surface area contributed by atoms with Gasteiger partial charge in [0.05, 0.1) is 12.8 Å². The fraction of sp³-hybridized carbons (Fsp3) is 0.375. The van der Waals surface area contributed by atoms with Crippen molar-refractivity contribution < 1.29 is 18.6 Å². The fourth-order valence-corrected chi connectivity index (χ4v) is 2.08. The highest BCUT2D eigenvalue weighted by molar-refractivity contribution is 5.46. The molecule has 0 bridgehead atoms. The van der Waals surface area contributed by atoms with Gasteiger partial charge in [-0.25, -0.2) is 0 Å². The molecule has 5 nitrogen and oxygen atoms in total. The van der Waals surface area contributed by atoms with Crippen LogP contribution in [0.5, 0.6) is 17.2 Å². The third-order valence-corrected chi connectivity index (χ3v) is 3.25. The average molecular weight is 289 g/mol. The van der Waals surface area contributed by atoms with Gasteiger partial charge in [-0.1, -0.05) is 13.8 Å². The molecule has 3 rings (SSSR count). The van der Waals surface area contributed by atoms with E-state index in [1.54, 1.807) is 6.26 Å². The molecule has 0 atom stereocenters. The first-order valence-electron chi connectivity index (χ1n) is 7.03. The SMILES string of the molecule is CC(C)NCc1occc1COc1ccc2c(c1)OCO2. The van der Waals surface area contributed by atoms with Gasteiger partial charge in [-0.05, 0) is 18.2 Å². The Hall–Kier alpha value is -2.14. The second-order valence-corrected chi connectivity index (χ2v) is 5.21. The molecule has 0 spiro atoms. The van der Waals surface area contributed by atoms with Crippen LogP contribution in [0.1, 0.15) is 25.2 Å². The van der Waals surface area contributed by atoms with E-state index in [0.717, 1.165) is 28.6 Å². The molecule has 0 saturated carbocycles. The minimum atomic E-state index is 0.269. The molecule has 1 aliphatic heterocycles. The number of rotatable bonds is 6. The maximum atomic E-state index is 5.80. The van der Waals surface area contributed by atoms with Gasteiger partial charge >= 0.3 is 0 Å². The van der Waals surface area contributed by atoms with Crippen molar-refractivity contribution in [1.29, 1.82) is 0 Å². The van der Waals surface area contributed by atoms with E-state index < -0.39 is 0 Å². The van der Waals surface area contributed by atoms with Crippen molar-refractivity contribution in [2.45, 2.75) is 33.0 Å². The van der Waals surface area contributed by atoms with Crippen LogP contribution >= 0.6 is 0 Å². The third kappa shape index (κ3) is 3.31. The Morgan fingerprint density at radius 1 is 1.19 bits per heavy atom. The lowest BCUT2D eigenvalue weighted by Crippen LogP contribution is -2.22. The van der Waals surface area contributed by atoms with Crippen LogP contribution in [0, 0.1) is 0 Å². The van der Waals surface area contributed by atoms with Crippen LogP contribution in [0.3, 0.4) is 0 Å². The Kier molecular flexibility index (Phi) is 4.01. The molecule has 0 amide bonds. The number of furan rings is 1. The molecule has 0 radical (unpaired) electrons. The van der Waals surface area contributed by atoms with Gasteiger partial charge in [0.15, 0.2) is 11.5 Å². The van der Waals surface area contributed by atoms with Crippen LogP contribution in [0.2, 0.25) is 0 Å². The molecular weight excluding hydrogens is 270 g/mol. The normalized spacial score (nSPS) is 12.9. The third-order valence-electron chi connectivity index (χ3n) is 3.25. The Morgan fingerprint density at radius 3 is 2.90 bits per heavy atom. The molecule has 0 fully saturated rings. The van der Waals surface area contributed by atoms with Crippen LogP contribution in [0.15, 0.2) is 34.9 Å². The summed E-state index contributed by atoms with van der Waals surface area (Å²) in [4.78, 5) is 0. The van der Waals surface area contributed by atoms with E-state index in [4.69, 9.17) is 18.6 Å². The van der Waals surface area contributed by atoms with Crippen molar-refractivity contribution in [3.05, 3.63) is 41.9 Å². The van der Waals surface area contributed by atoms with Crippen molar-refractivity contribution in [1.82, 2.24) is 5.32 Å². The number of ether oxygens (including phenoxy) is 3. The molecule has 2 aromatic rings. The number of nitrogens with one attached hydrogen (secondary N) is 1. The predicted octanol–water partition coefficient (Wildman–Crippen LogP) is 3.09. The van der Waals surface area contributed by atoms with Crippen molar-refractivity contribution in [3.63, 3.8) is 0 Å². The summed E-state index contributed by atoms with van der Waals surface area (Å²) in [7, 11) is 0. The van der Waals surface area contributed by atoms with Gasteiger partial charge in [0.1, 0.15) is 18.1 Å². The molecule has 1 aromatic carbocycles. The zero-order chi connectivity index (χ0) is 14.7. The highest BCUT2D eigenvalue weighted by Crippen LogP contribution is 2.35. The van der Waals surface area contributed by atoms with E-state index in [9.17, 15) is 0 Å². The van der Waals surface area contributed by atoms with Crippen molar-refractivity contribution in [2.75, 3.05) is 6.79 Å². The maximum Gasteiger partial charge on any atom is 0.231 e. The maximum absolute atomic E-state index is 5.80. The van der Waals surface area contributed by atoms with Gasteiger partial charge < -0.3 is 23.9 Å². The van der Waals surface area contributed by atoms with Crippen molar-refractivity contribution >= 4 is 0 Å². The molecule has 1 aliphatic rings. The van der Waals surface area contributed by atoms with Crippen molar-refractivity contribution in [3.8, 4) is 17.2 Å². The molecule has 2 heterocycles. The molecule has 21 heavy (non-hydrogen) atoms. The molecule has 112 valence electrons. The predicted molar refractivity (Wildman–Crippen MR) is 77.6 cm³/mol. The highest BCUT2D eigenvalue weighted by atomic mass is 16.7. The van der Waals surface area contributed by atoms with E-state index >= 15 is 0 Å². The Morgan fingerprint density at radius 2 is 2.05 bits per heavy atom. The summed E-state index contributed by atoms with van der Waals surface area (Å²) in [6.07, 6.45) is 1.69. The minimum absolute atomic E-state index is 0.269. The summed E-state index contributed by atoms with van der Waals surface area (Å²) in [5.41, 5.74) is 1.04. The molecule has 1 N–H and O–H groups in total. The monoisotopic (exact) mass is 289 g/mol. The van der Waals surface area contributed by atoms with Gasteiger partial charge in [-0.15, -0.1) is 0 Å². The lowest BCUT2D eigenvalue weighted by Gasteiger charge is -2.09. The van der Waals surface area contributed by atoms with Crippen molar-refractivity contribution in [2.24, 2.45) is 0 Å². The highest BCUT2D eigenvalue weighted by Gasteiger charge is 2.14. The van der Waals surface area contributed by atoms with Gasteiger partial charge in [-0.3, -0.25) is 0 Å². The lowest BCUT2D eigenvalue weighted by molar-refractivity contribution is 0.173. The van der Waals surface area contributed by atoms with Gasteiger partial charge in [-0.2, -0.15) is 0 Å². The molecule has 1 aromatic heterocycles. The Balaban J connectivity index is 1.61. The van der Waals surface area contributed by atoms with Crippen LogP contribution in [-0.4, -0.2) is 12.8 Å². The van der Waals surface area contributed by atoms with E-state index in [1.807, 2.05) is 24.3 Å². The minimum Gasteiger partial charge on any atom is -0.489 e. The first-order chi connectivity index (χ1) is 10.2. The smallest absolute Gasteiger partial charge is 0.231 e. The summed E-state index contributed by atoms with van der Waals surface area (Å²) in [6.45, 7) is 5.64. The zero-order valence-electron chi connectivity index (χ0n) is 12.2. The number of hydrogen-bond acceptors (Lipinski definition) is 5. The standard InChI is InChI=1S/C16H19NO4/c1-11(2)17-8-16-12(5-6-18-16)9-19-13-3-4-14-15(7-13)21-10-20-14/h3-7,11,17H,8-10H2,1-2H3. The van der Waals surface area contributed by atoms with E-state index in [0.29, 0.717) is 19.2 Å². The molecule has 0 unspecified atom stereocenters. The topological polar surface area (TPSA) is 52.9 Å². The van der Waals surface area contributed by atoms with Crippen LogP contribution in [0.25, 0.3) is 0 Å². The average Bonchev–Trinajstić information content (AvgIpc) is 3.11. The van der Waals surface area contributed by atoms with Crippen LogP contribution in [-0.2, 0) is 13.2 Å². The summed E-state index contributed by atoms with van der Waals surface area (Å²) in [6, 6.07) is 7.92. The summed E-state index contributed by atoms with van der Waals surface area (Å²) >= 11 is 0. The van der Waals surface area contributed by atoms with Gasteiger partial charge in [0, 0.05) is 17.7 Å². The summed E-state index contributed by atoms with van der Waals surface area (Å²) in [5, 5.41) is 3.33. The molecule has 0 aliphatic carbocycles. The second-order valence-electron chi connectivity index (χ2n) is 5.21. The first-order valence-corrected chi connectivity index (χ1v) is 7.03. The summed E-state index contributed by atoms with van der Waals surface area (Å²) in [5.74, 6) is 3.14. The van der Waals surface area contributed by atoms with E-state index in [-0.39, 0.29) is 6.79 Å². The van der Waals surface area contributed by atoms with Crippen LogP contribution < -0.4 is 19.5 Å². The largest absolute Gasteiger partial charge is 0.489 e. The van der Waals surface area contributed by atoms with E-state index in [1.165, 1.54) is 0 Å². The lowest BCUT2D eigenvalue weighted by atomic mass is 10.2. The van der Waals surface area contributed by atoms with Gasteiger partial charge in [0.25, 0.3) is 0 Å². The van der Waals surface area contributed by atoms with Crippen LogP contribution in [0.4, 0.5) is 0 Å². The zero-order valence-corrected chi connectivity index (χ0v) is 12.2. The Labute approximate surface area is 123 Å². The molecule has 5 heteroatoms. The number of benzene rings is 1. The molecular formula is C16H19NO4. The first kappa shape index (κ1) is 13.8. The Bertz CT molecular complexity index is 606. The van der Waals surface area contributed by atoms with E-state index in [2.05, 4.69) is 19.2 Å². The quantitative estimate of drug-likeness (QED) is 0.885. The number of hydrogen-bond donors (Lipinski definition) is 1. The van der Waals surface area contributed by atoms with Gasteiger partial charge in [0.2, 0.25) is 6.79 Å². The summed E-state index contributed by atoms with van der Waals surface area (Å²) < 4.78 is 21.9. The second kappa shape index (κ2) is 6.10. The molecule has 0 saturated heterocycles. The number of fused-ring (bicyclic) bond motifs is 1. The fourth-order valence-electron chi connectivity index (χ4n) is 2.08.